The van der Waals surface area contributed by atoms with Gasteiger partial charge in [0.2, 0.25) is 0 Å². The first-order valence-corrected chi connectivity index (χ1v) is 7.55. The fourth-order valence-electron chi connectivity index (χ4n) is 3.03. The largest absolute Gasteiger partial charge is 0.346 e. The van der Waals surface area contributed by atoms with Gasteiger partial charge in [0.05, 0.1) is 0 Å². The van der Waals surface area contributed by atoms with Crippen LogP contribution in [-0.4, -0.2) is 29.1 Å². The van der Waals surface area contributed by atoms with E-state index in [1.165, 1.54) is 48.9 Å². The number of likely N-dealkylation sites (tertiary alicyclic amines) is 1. The third-order valence-electron chi connectivity index (χ3n) is 4.32. The molecule has 0 amide bonds. The van der Waals surface area contributed by atoms with Gasteiger partial charge in [-0.3, -0.25) is 0 Å². The third-order valence-corrected chi connectivity index (χ3v) is 4.32. The molecule has 1 aliphatic rings. The molecule has 2 aromatic rings. The first kappa shape index (κ1) is 12.7. The van der Waals surface area contributed by atoms with Crippen LogP contribution in [-0.2, 0) is 6.54 Å². The van der Waals surface area contributed by atoms with Crippen molar-refractivity contribution in [1.29, 1.82) is 0 Å². The van der Waals surface area contributed by atoms with Gasteiger partial charge in [-0.15, -0.1) is 0 Å². The Kier molecular flexibility index (Phi) is 3.61. The van der Waals surface area contributed by atoms with E-state index in [2.05, 4.69) is 53.8 Å². The Morgan fingerprint density at radius 3 is 2.58 bits per heavy atom. The van der Waals surface area contributed by atoms with Crippen LogP contribution >= 0.6 is 0 Å². The summed E-state index contributed by atoms with van der Waals surface area (Å²) < 4.78 is 2.40. The van der Waals surface area contributed by atoms with Crippen molar-refractivity contribution in [3.63, 3.8) is 0 Å². The number of hydrogen-bond donors (Lipinski definition) is 0. The lowest BCUT2D eigenvalue weighted by Crippen LogP contribution is -2.23. The first-order chi connectivity index (χ1) is 9.24. The van der Waals surface area contributed by atoms with Crippen LogP contribution in [0.1, 0.15) is 38.2 Å². The van der Waals surface area contributed by atoms with E-state index >= 15 is 0 Å². The van der Waals surface area contributed by atoms with Crippen LogP contribution in [0.4, 0.5) is 0 Å². The number of aromatic nitrogens is 1. The maximum atomic E-state index is 2.58. The van der Waals surface area contributed by atoms with Crippen LogP contribution in [0.3, 0.4) is 0 Å². The highest BCUT2D eigenvalue weighted by Gasteiger charge is 2.11. The van der Waals surface area contributed by atoms with Gasteiger partial charge in [-0.2, -0.15) is 0 Å². The van der Waals surface area contributed by atoms with Gasteiger partial charge in [0.1, 0.15) is 0 Å². The van der Waals surface area contributed by atoms with Crippen molar-refractivity contribution in [2.75, 3.05) is 19.6 Å². The molecular formula is C17H24N2. The molecule has 19 heavy (non-hydrogen) atoms. The Balaban J connectivity index is 1.76. The van der Waals surface area contributed by atoms with Crippen molar-refractivity contribution in [2.45, 2.75) is 39.2 Å². The molecule has 0 bridgehead atoms. The zero-order valence-corrected chi connectivity index (χ0v) is 12.1. The Morgan fingerprint density at radius 2 is 1.84 bits per heavy atom. The highest BCUT2D eigenvalue weighted by atomic mass is 15.2. The molecule has 1 aromatic carbocycles. The van der Waals surface area contributed by atoms with Crippen molar-refractivity contribution in [3.8, 4) is 0 Å². The Labute approximate surface area is 116 Å². The van der Waals surface area contributed by atoms with E-state index in [4.69, 9.17) is 0 Å². The molecule has 0 radical (unpaired) electrons. The first-order valence-electron chi connectivity index (χ1n) is 7.55. The number of benzene rings is 1. The summed E-state index contributed by atoms with van der Waals surface area (Å²) in [6, 6.07) is 9.16. The summed E-state index contributed by atoms with van der Waals surface area (Å²) in [5.41, 5.74) is 2.81. The van der Waals surface area contributed by atoms with Crippen molar-refractivity contribution < 1.29 is 0 Å². The molecule has 2 heteroatoms. The number of rotatable bonds is 4. The van der Waals surface area contributed by atoms with Crippen LogP contribution in [0.2, 0.25) is 0 Å². The average Bonchev–Trinajstić information content (AvgIpc) is 3.05. The zero-order valence-electron chi connectivity index (χ0n) is 12.1. The zero-order chi connectivity index (χ0) is 13.2. The van der Waals surface area contributed by atoms with Gasteiger partial charge in [0, 0.05) is 24.8 Å². The maximum Gasteiger partial charge on any atom is 0.0480 e. The molecule has 0 spiro atoms. The van der Waals surface area contributed by atoms with Crippen LogP contribution < -0.4 is 0 Å². The van der Waals surface area contributed by atoms with Crippen molar-refractivity contribution in [1.82, 2.24) is 9.47 Å². The van der Waals surface area contributed by atoms with Crippen LogP contribution in [0, 0.1) is 0 Å². The standard InChI is InChI=1S/C17H24N2/c1-14(2)15-5-6-17-16(13-15)7-10-19(17)12-11-18-8-3-4-9-18/h5-7,10,13-14H,3-4,8-9,11-12H2,1-2H3. The second kappa shape index (κ2) is 5.38. The molecule has 3 rings (SSSR count). The molecule has 1 fully saturated rings. The molecule has 0 atom stereocenters. The van der Waals surface area contributed by atoms with Crippen molar-refractivity contribution >= 4 is 10.9 Å². The summed E-state index contributed by atoms with van der Waals surface area (Å²) in [5, 5.41) is 1.38. The average molecular weight is 256 g/mol. The molecule has 0 aliphatic carbocycles. The smallest absolute Gasteiger partial charge is 0.0480 e. The third kappa shape index (κ3) is 2.69. The number of hydrogen-bond acceptors (Lipinski definition) is 1. The van der Waals surface area contributed by atoms with Gasteiger partial charge in [0.25, 0.3) is 0 Å². The van der Waals surface area contributed by atoms with E-state index in [1.807, 2.05) is 0 Å². The molecule has 1 aromatic heterocycles. The van der Waals surface area contributed by atoms with Crippen molar-refractivity contribution in [2.24, 2.45) is 0 Å². The van der Waals surface area contributed by atoms with Gasteiger partial charge in [-0.05, 0) is 61.0 Å². The van der Waals surface area contributed by atoms with Crippen molar-refractivity contribution in [3.05, 3.63) is 36.0 Å². The van der Waals surface area contributed by atoms with E-state index in [9.17, 15) is 0 Å². The minimum Gasteiger partial charge on any atom is -0.346 e. The van der Waals surface area contributed by atoms with Gasteiger partial charge < -0.3 is 9.47 Å². The maximum absolute atomic E-state index is 2.58. The summed E-state index contributed by atoms with van der Waals surface area (Å²) in [5.74, 6) is 0.609. The summed E-state index contributed by atoms with van der Waals surface area (Å²) in [4.78, 5) is 2.58. The van der Waals surface area contributed by atoms with E-state index < -0.39 is 0 Å². The van der Waals surface area contributed by atoms with Gasteiger partial charge in [-0.1, -0.05) is 19.9 Å². The molecule has 102 valence electrons. The molecule has 2 nitrogen and oxygen atoms in total. The van der Waals surface area contributed by atoms with E-state index in [0.29, 0.717) is 5.92 Å². The van der Waals surface area contributed by atoms with Gasteiger partial charge >= 0.3 is 0 Å². The second-order valence-corrected chi connectivity index (χ2v) is 6.03. The molecule has 1 aliphatic heterocycles. The predicted octanol–water partition coefficient (Wildman–Crippen LogP) is 3.86. The molecule has 0 unspecified atom stereocenters. The minimum atomic E-state index is 0.609. The van der Waals surface area contributed by atoms with Gasteiger partial charge in [0.15, 0.2) is 0 Å². The van der Waals surface area contributed by atoms with Crippen LogP contribution in [0.5, 0.6) is 0 Å². The summed E-state index contributed by atoms with van der Waals surface area (Å²) in [7, 11) is 0. The minimum absolute atomic E-state index is 0.609. The summed E-state index contributed by atoms with van der Waals surface area (Å²) >= 11 is 0. The fourth-order valence-corrected chi connectivity index (χ4v) is 3.03. The monoisotopic (exact) mass is 256 g/mol. The van der Waals surface area contributed by atoms with E-state index in [0.717, 1.165) is 6.54 Å². The predicted molar refractivity (Wildman–Crippen MR) is 81.7 cm³/mol. The molecule has 2 heterocycles. The lowest BCUT2D eigenvalue weighted by atomic mass is 10.0. The lowest BCUT2D eigenvalue weighted by Gasteiger charge is -2.15. The number of nitrogens with zero attached hydrogens (tertiary/aromatic N) is 2. The molecule has 0 N–H and O–H groups in total. The van der Waals surface area contributed by atoms with Crippen LogP contribution in [0.15, 0.2) is 30.5 Å². The highest BCUT2D eigenvalue weighted by Crippen LogP contribution is 2.22. The molecule has 1 saturated heterocycles. The quantitative estimate of drug-likeness (QED) is 0.806. The molecular weight excluding hydrogens is 232 g/mol. The van der Waals surface area contributed by atoms with Crippen LogP contribution in [0.25, 0.3) is 10.9 Å². The summed E-state index contributed by atoms with van der Waals surface area (Å²) in [6.07, 6.45) is 5.00. The topological polar surface area (TPSA) is 8.17 Å². The van der Waals surface area contributed by atoms with E-state index in [1.54, 1.807) is 0 Å². The lowest BCUT2D eigenvalue weighted by molar-refractivity contribution is 0.324. The second-order valence-electron chi connectivity index (χ2n) is 6.03. The molecule has 0 saturated carbocycles. The fraction of sp³-hybridized carbons (Fsp3) is 0.529. The Morgan fingerprint density at radius 1 is 1.05 bits per heavy atom. The summed E-state index contributed by atoms with van der Waals surface area (Å²) in [6.45, 7) is 9.39. The van der Waals surface area contributed by atoms with Gasteiger partial charge in [-0.25, -0.2) is 0 Å². The highest BCUT2D eigenvalue weighted by molar-refractivity contribution is 5.81. The normalized spacial score (nSPS) is 16.8. The van der Waals surface area contributed by atoms with E-state index in [-0.39, 0.29) is 0 Å². The Bertz CT molecular complexity index is 547. The Hall–Kier alpha value is -1.28. The number of fused-ring (bicyclic) bond motifs is 1. The SMILES string of the molecule is CC(C)c1ccc2c(ccn2CCN2CCCC2)c1.